The van der Waals surface area contributed by atoms with Crippen LogP contribution in [-0.4, -0.2) is 61.0 Å². The molecule has 2 aliphatic rings. The van der Waals surface area contributed by atoms with Crippen LogP contribution >= 0.6 is 0 Å². The van der Waals surface area contributed by atoms with E-state index in [4.69, 9.17) is 0 Å². The maximum absolute atomic E-state index is 12.1. The van der Waals surface area contributed by atoms with Crippen LogP contribution in [0.4, 0.5) is 13.6 Å². The van der Waals surface area contributed by atoms with Crippen molar-refractivity contribution in [1.29, 1.82) is 0 Å². The van der Waals surface area contributed by atoms with Crippen molar-refractivity contribution in [3.8, 4) is 0 Å². The van der Waals surface area contributed by atoms with E-state index in [9.17, 15) is 13.6 Å². The van der Waals surface area contributed by atoms with Crippen LogP contribution in [-0.2, 0) is 0 Å². The van der Waals surface area contributed by atoms with Crippen LogP contribution in [0.5, 0.6) is 0 Å². The lowest BCUT2D eigenvalue weighted by atomic mass is 10.2. The van der Waals surface area contributed by atoms with E-state index in [1.807, 2.05) is 0 Å². The SMILES string of the molecule is O=C1N(CC(F)F)CC2CNCCN12. The molecule has 2 aliphatic heterocycles. The molecule has 1 unspecified atom stereocenters. The average Bonchev–Trinajstić information content (AvgIpc) is 2.44. The van der Waals surface area contributed by atoms with Gasteiger partial charge in [0.15, 0.2) is 0 Å². The molecule has 80 valence electrons. The van der Waals surface area contributed by atoms with Gasteiger partial charge in [-0.05, 0) is 0 Å². The second-order valence-electron chi connectivity index (χ2n) is 3.63. The number of amides is 2. The maximum atomic E-state index is 12.1. The Kier molecular flexibility index (Phi) is 2.54. The molecule has 0 spiro atoms. The number of hydrogen-bond donors (Lipinski definition) is 1. The minimum absolute atomic E-state index is 0.0787. The number of fused-ring (bicyclic) bond motifs is 1. The summed E-state index contributed by atoms with van der Waals surface area (Å²) < 4.78 is 24.2. The van der Waals surface area contributed by atoms with Gasteiger partial charge in [0.1, 0.15) is 0 Å². The largest absolute Gasteiger partial charge is 0.320 e. The predicted octanol–water partition coefficient (Wildman–Crippen LogP) is -0.0391. The number of carbonyl (C=O) groups excluding carboxylic acids is 1. The van der Waals surface area contributed by atoms with Gasteiger partial charge in [0, 0.05) is 26.2 Å². The highest BCUT2D eigenvalue weighted by Gasteiger charge is 2.39. The predicted molar refractivity (Wildman–Crippen MR) is 46.3 cm³/mol. The summed E-state index contributed by atoms with van der Waals surface area (Å²) in [6.07, 6.45) is -2.44. The van der Waals surface area contributed by atoms with Crippen molar-refractivity contribution in [2.24, 2.45) is 0 Å². The lowest BCUT2D eigenvalue weighted by Gasteiger charge is -2.28. The molecule has 0 aromatic rings. The van der Waals surface area contributed by atoms with E-state index >= 15 is 0 Å². The maximum Gasteiger partial charge on any atom is 0.320 e. The van der Waals surface area contributed by atoms with Gasteiger partial charge in [0.2, 0.25) is 0 Å². The zero-order valence-corrected chi connectivity index (χ0v) is 7.75. The molecule has 6 heteroatoms. The number of piperazine rings is 1. The smallest absolute Gasteiger partial charge is 0.317 e. The molecule has 4 nitrogen and oxygen atoms in total. The van der Waals surface area contributed by atoms with Crippen LogP contribution in [0, 0.1) is 0 Å². The second kappa shape index (κ2) is 3.68. The first-order valence-electron chi connectivity index (χ1n) is 4.73. The Morgan fingerprint density at radius 3 is 3.00 bits per heavy atom. The summed E-state index contributed by atoms with van der Waals surface area (Å²) in [6.45, 7) is 2.08. The standard InChI is InChI=1S/C8H13F2N3O/c9-7(10)5-12-4-6-3-11-1-2-13(6)8(12)14/h6-7,11H,1-5H2. The zero-order chi connectivity index (χ0) is 10.1. The number of carbonyl (C=O) groups is 1. The fraction of sp³-hybridized carbons (Fsp3) is 0.875. The van der Waals surface area contributed by atoms with E-state index in [0.29, 0.717) is 19.6 Å². The first-order valence-corrected chi connectivity index (χ1v) is 4.73. The molecule has 0 aliphatic carbocycles. The second-order valence-corrected chi connectivity index (χ2v) is 3.63. The van der Waals surface area contributed by atoms with Crippen molar-refractivity contribution in [1.82, 2.24) is 15.1 Å². The molecular weight excluding hydrogens is 192 g/mol. The van der Waals surface area contributed by atoms with Gasteiger partial charge in [-0.2, -0.15) is 0 Å². The van der Waals surface area contributed by atoms with Crippen molar-refractivity contribution < 1.29 is 13.6 Å². The van der Waals surface area contributed by atoms with Crippen molar-refractivity contribution in [3.63, 3.8) is 0 Å². The normalized spacial score (nSPS) is 27.4. The first kappa shape index (κ1) is 9.64. The Labute approximate surface area is 80.8 Å². The summed E-state index contributed by atoms with van der Waals surface area (Å²) >= 11 is 0. The summed E-state index contributed by atoms with van der Waals surface area (Å²) in [5.74, 6) is 0. The van der Waals surface area contributed by atoms with Crippen LogP contribution in [0.15, 0.2) is 0 Å². The van der Waals surface area contributed by atoms with Crippen molar-refractivity contribution in [3.05, 3.63) is 0 Å². The Balaban J connectivity index is 1.99. The van der Waals surface area contributed by atoms with Crippen molar-refractivity contribution >= 4 is 6.03 Å². The van der Waals surface area contributed by atoms with Crippen molar-refractivity contribution in [2.45, 2.75) is 12.5 Å². The highest BCUT2D eigenvalue weighted by atomic mass is 19.3. The van der Waals surface area contributed by atoms with E-state index in [-0.39, 0.29) is 12.1 Å². The number of rotatable bonds is 2. The number of nitrogens with zero attached hydrogens (tertiary/aromatic N) is 2. The van der Waals surface area contributed by atoms with E-state index in [2.05, 4.69) is 5.32 Å². The van der Waals surface area contributed by atoms with Crippen molar-refractivity contribution in [2.75, 3.05) is 32.7 Å². The molecule has 2 amide bonds. The topological polar surface area (TPSA) is 35.6 Å². The molecule has 1 N–H and O–H groups in total. The van der Waals surface area contributed by atoms with Gasteiger partial charge < -0.3 is 15.1 Å². The molecule has 0 aromatic carbocycles. The van der Waals surface area contributed by atoms with E-state index in [1.165, 1.54) is 4.90 Å². The van der Waals surface area contributed by atoms with Crippen LogP contribution < -0.4 is 5.32 Å². The highest BCUT2D eigenvalue weighted by molar-refractivity contribution is 5.77. The molecular formula is C8H13F2N3O. The van der Waals surface area contributed by atoms with Gasteiger partial charge >= 0.3 is 6.03 Å². The number of hydrogen-bond acceptors (Lipinski definition) is 2. The molecule has 1 atom stereocenters. The average molecular weight is 205 g/mol. The summed E-state index contributed by atoms with van der Waals surface area (Å²) in [5, 5.41) is 3.14. The Hall–Kier alpha value is -0.910. The summed E-state index contributed by atoms with van der Waals surface area (Å²) in [7, 11) is 0. The van der Waals surface area contributed by atoms with Crippen LogP contribution in [0.25, 0.3) is 0 Å². The Bertz CT molecular complexity index is 237. The zero-order valence-electron chi connectivity index (χ0n) is 7.75. The lowest BCUT2D eigenvalue weighted by Crippen LogP contribution is -2.49. The Morgan fingerprint density at radius 1 is 1.57 bits per heavy atom. The fourth-order valence-electron chi connectivity index (χ4n) is 2.01. The fourth-order valence-corrected chi connectivity index (χ4v) is 2.01. The molecule has 2 rings (SSSR count). The van der Waals surface area contributed by atoms with Gasteiger partial charge in [-0.25, -0.2) is 13.6 Å². The van der Waals surface area contributed by atoms with E-state index in [1.54, 1.807) is 4.90 Å². The molecule has 2 fully saturated rings. The van der Waals surface area contributed by atoms with Crippen LogP contribution in [0.1, 0.15) is 0 Å². The number of halogens is 2. The molecule has 2 heterocycles. The molecule has 0 aromatic heterocycles. The lowest BCUT2D eigenvalue weighted by molar-refractivity contribution is 0.105. The quantitative estimate of drug-likeness (QED) is 0.686. The third-order valence-electron chi connectivity index (χ3n) is 2.66. The molecule has 14 heavy (non-hydrogen) atoms. The summed E-state index contributed by atoms with van der Waals surface area (Å²) in [4.78, 5) is 14.5. The number of alkyl halides is 2. The third-order valence-corrected chi connectivity index (χ3v) is 2.66. The molecule has 0 saturated carbocycles. The highest BCUT2D eigenvalue weighted by Crippen LogP contribution is 2.18. The van der Waals surface area contributed by atoms with E-state index in [0.717, 1.165) is 6.54 Å². The third kappa shape index (κ3) is 1.66. The summed E-state index contributed by atoms with van der Waals surface area (Å²) in [5.41, 5.74) is 0. The van der Waals surface area contributed by atoms with Gasteiger partial charge in [0.25, 0.3) is 6.43 Å². The van der Waals surface area contributed by atoms with E-state index < -0.39 is 13.0 Å². The number of nitrogens with one attached hydrogen (secondary N) is 1. The first-order chi connectivity index (χ1) is 6.68. The van der Waals surface area contributed by atoms with Crippen LogP contribution in [0.2, 0.25) is 0 Å². The molecule has 0 bridgehead atoms. The minimum atomic E-state index is -2.44. The number of urea groups is 1. The van der Waals surface area contributed by atoms with Crippen LogP contribution in [0.3, 0.4) is 0 Å². The molecule has 0 radical (unpaired) electrons. The molecule has 2 saturated heterocycles. The van der Waals surface area contributed by atoms with Gasteiger partial charge in [-0.15, -0.1) is 0 Å². The van der Waals surface area contributed by atoms with Gasteiger partial charge in [-0.3, -0.25) is 0 Å². The minimum Gasteiger partial charge on any atom is -0.317 e. The Morgan fingerprint density at radius 2 is 2.36 bits per heavy atom. The van der Waals surface area contributed by atoms with Gasteiger partial charge in [-0.1, -0.05) is 0 Å². The monoisotopic (exact) mass is 205 g/mol. The van der Waals surface area contributed by atoms with Gasteiger partial charge in [0.05, 0.1) is 12.6 Å². The summed E-state index contributed by atoms with van der Waals surface area (Å²) in [6, 6.07) is -0.160.